The summed E-state index contributed by atoms with van der Waals surface area (Å²) in [6.07, 6.45) is 8.33. The molecule has 7 aliphatic rings. The second-order valence-electron chi connectivity index (χ2n) is 14.1. The summed E-state index contributed by atoms with van der Waals surface area (Å²) in [6, 6.07) is 5.24. The molecule has 2 heterocycles. The van der Waals surface area contributed by atoms with Crippen LogP contribution in [-0.2, 0) is 16.6 Å². The van der Waals surface area contributed by atoms with E-state index < -0.39 is 11.2 Å². The first-order valence-corrected chi connectivity index (χ1v) is 13.8. The number of ether oxygens (including phenoxy) is 2. The average Bonchev–Trinajstić information content (AvgIpc) is 3.53. The van der Waals surface area contributed by atoms with Crippen LogP contribution in [0.25, 0.3) is 0 Å². The first kappa shape index (κ1) is 24.5. The molecule has 1 N–H and O–H groups in total. The highest BCUT2D eigenvalue weighted by Gasteiger charge is 2.82. The molecule has 7 atom stereocenters. The number of aliphatic hydroxyl groups is 1. The number of hydrogen-bond donors (Lipinski definition) is 1. The van der Waals surface area contributed by atoms with Crippen LogP contribution in [0.4, 0.5) is 0 Å². The van der Waals surface area contributed by atoms with Crippen molar-refractivity contribution in [2.24, 2.45) is 22.7 Å². The Balaban J connectivity index is 0.00000229. The van der Waals surface area contributed by atoms with Gasteiger partial charge in [-0.3, -0.25) is 4.90 Å². The maximum absolute atomic E-state index is 12.2. The van der Waals surface area contributed by atoms with Crippen LogP contribution < -0.4 is 4.74 Å². The third kappa shape index (κ3) is 2.66. The third-order valence-corrected chi connectivity index (χ3v) is 12.1. The second kappa shape index (κ2) is 7.18. The number of piperidine rings is 1. The minimum Gasteiger partial charge on any atom is -0.486 e. The largest absolute Gasteiger partial charge is 0.486 e. The van der Waals surface area contributed by atoms with Crippen molar-refractivity contribution in [1.82, 2.24) is 4.90 Å². The van der Waals surface area contributed by atoms with Crippen molar-refractivity contribution in [2.45, 2.75) is 108 Å². The van der Waals surface area contributed by atoms with Gasteiger partial charge in [-0.25, -0.2) is 0 Å². The summed E-state index contributed by atoms with van der Waals surface area (Å²) < 4.78 is 13.8. The summed E-state index contributed by atoms with van der Waals surface area (Å²) in [5.41, 5.74) is 2.95. The predicted molar refractivity (Wildman–Crippen MR) is 141 cm³/mol. The van der Waals surface area contributed by atoms with Crippen LogP contribution in [0.1, 0.15) is 82.9 Å². The van der Waals surface area contributed by atoms with E-state index in [1.54, 1.807) is 0 Å². The number of rotatable bonds is 4. The Kier molecular flexibility index (Phi) is 5.03. The van der Waals surface area contributed by atoms with Crippen molar-refractivity contribution in [1.29, 1.82) is 0 Å². The maximum Gasteiger partial charge on any atom is 0.138 e. The molecule has 4 nitrogen and oxygen atoms in total. The monoisotopic (exact) mass is 501 g/mol. The molecular formula is C30H44ClNO3. The molecule has 4 bridgehead atoms. The summed E-state index contributed by atoms with van der Waals surface area (Å²) >= 11 is 0. The lowest BCUT2D eigenvalue weighted by molar-refractivity contribution is -0.312. The van der Waals surface area contributed by atoms with E-state index in [9.17, 15) is 5.11 Å². The number of likely N-dealkylation sites (tertiary alicyclic amines) is 1. The highest BCUT2D eigenvalue weighted by atomic mass is 35.5. The Labute approximate surface area is 217 Å². The molecule has 0 radical (unpaired) electrons. The Morgan fingerprint density at radius 1 is 1.14 bits per heavy atom. The van der Waals surface area contributed by atoms with Gasteiger partial charge in [0, 0.05) is 42.0 Å². The SMILES string of the molecule is COC12CC[C@@]3(C[C@@H]1C(C)(O)C(C)(C)C)[C@H]1Cc4ccc(C)c5c4[C@@]3(CCN1CC1CC1)[C@H]2O5.Cl. The zero-order valence-electron chi connectivity index (χ0n) is 22.4. The van der Waals surface area contributed by atoms with Gasteiger partial charge in [-0.15, -0.1) is 12.4 Å². The van der Waals surface area contributed by atoms with Gasteiger partial charge in [0.2, 0.25) is 0 Å². The van der Waals surface area contributed by atoms with E-state index in [0.29, 0.717) is 6.04 Å². The van der Waals surface area contributed by atoms with Gasteiger partial charge in [0.1, 0.15) is 17.5 Å². The molecule has 2 aliphatic heterocycles. The molecular weight excluding hydrogens is 458 g/mol. The molecule has 5 fully saturated rings. The molecule has 4 saturated carbocycles. The van der Waals surface area contributed by atoms with Gasteiger partial charge in [-0.05, 0) is 87.8 Å². The van der Waals surface area contributed by atoms with Crippen LogP contribution in [0.15, 0.2) is 12.1 Å². The van der Waals surface area contributed by atoms with Crippen LogP contribution >= 0.6 is 12.4 Å². The predicted octanol–water partition coefficient (Wildman–Crippen LogP) is 5.44. The summed E-state index contributed by atoms with van der Waals surface area (Å²) in [5.74, 6) is 2.10. The summed E-state index contributed by atoms with van der Waals surface area (Å²) in [5, 5.41) is 12.2. The van der Waals surface area contributed by atoms with E-state index in [1.807, 2.05) is 7.11 Å². The molecule has 2 unspecified atom stereocenters. The molecule has 0 aromatic heterocycles. The third-order valence-electron chi connectivity index (χ3n) is 12.1. The van der Waals surface area contributed by atoms with Crippen molar-refractivity contribution in [2.75, 3.05) is 20.2 Å². The summed E-state index contributed by atoms with van der Waals surface area (Å²) in [6.45, 7) is 13.3. The Hall–Kier alpha value is -0.810. The molecule has 1 saturated heterocycles. The van der Waals surface area contributed by atoms with Crippen molar-refractivity contribution < 1.29 is 14.6 Å². The first-order chi connectivity index (χ1) is 16.0. The summed E-state index contributed by atoms with van der Waals surface area (Å²) in [4.78, 5) is 2.88. The molecule has 1 aromatic rings. The van der Waals surface area contributed by atoms with Crippen molar-refractivity contribution in [3.63, 3.8) is 0 Å². The number of fused-ring (bicyclic) bond motifs is 2. The zero-order valence-corrected chi connectivity index (χ0v) is 23.3. The van der Waals surface area contributed by atoms with Crippen LogP contribution in [0.2, 0.25) is 0 Å². The molecule has 35 heavy (non-hydrogen) atoms. The molecule has 0 amide bonds. The standard InChI is InChI=1S/C30H43NO3.ClH/c1-18-7-10-20-15-22-28-11-12-30(33-6,21(16-28)27(5,32)26(2,3)4)25-29(28,23(20)24(18)34-25)13-14-31(22)17-19-8-9-19;/h7,10,19,21-22,25,32H,8-9,11-17H2,1-6H3;1H/t21-,22-,25-,27?,28-,29+,30?;/m1./s1. The van der Waals surface area contributed by atoms with E-state index in [1.165, 1.54) is 55.5 Å². The number of nitrogens with zero attached hydrogens (tertiary/aromatic N) is 1. The van der Waals surface area contributed by atoms with Crippen molar-refractivity contribution >= 4 is 12.4 Å². The lowest BCUT2D eigenvalue weighted by atomic mass is 9.33. The lowest BCUT2D eigenvalue weighted by Crippen LogP contribution is -2.83. The van der Waals surface area contributed by atoms with Gasteiger partial charge in [-0.1, -0.05) is 32.9 Å². The fourth-order valence-corrected chi connectivity index (χ4v) is 9.73. The van der Waals surface area contributed by atoms with Crippen LogP contribution in [0, 0.1) is 29.6 Å². The topological polar surface area (TPSA) is 41.9 Å². The molecule has 1 aromatic carbocycles. The van der Waals surface area contributed by atoms with Gasteiger partial charge in [0.25, 0.3) is 0 Å². The number of aryl methyl sites for hydroxylation is 1. The smallest absolute Gasteiger partial charge is 0.138 e. The van der Waals surface area contributed by atoms with E-state index in [4.69, 9.17) is 9.47 Å². The first-order valence-electron chi connectivity index (χ1n) is 13.8. The fraction of sp³-hybridized carbons (Fsp3) is 0.800. The van der Waals surface area contributed by atoms with E-state index in [2.05, 4.69) is 51.7 Å². The van der Waals surface area contributed by atoms with Crippen molar-refractivity contribution in [3.05, 3.63) is 28.8 Å². The van der Waals surface area contributed by atoms with E-state index >= 15 is 0 Å². The van der Waals surface area contributed by atoms with Gasteiger partial charge in [0.15, 0.2) is 0 Å². The minimum atomic E-state index is -0.846. The van der Waals surface area contributed by atoms with Crippen molar-refractivity contribution in [3.8, 4) is 5.75 Å². The minimum absolute atomic E-state index is 0. The van der Waals surface area contributed by atoms with E-state index in [0.717, 1.165) is 30.9 Å². The quantitative estimate of drug-likeness (QED) is 0.596. The normalized spacial score (nSPS) is 42.7. The lowest BCUT2D eigenvalue weighted by Gasteiger charge is -2.75. The highest BCUT2D eigenvalue weighted by Crippen LogP contribution is 2.77. The number of hydrogen-bond acceptors (Lipinski definition) is 4. The average molecular weight is 502 g/mol. The maximum atomic E-state index is 12.2. The number of benzene rings is 1. The van der Waals surface area contributed by atoms with Gasteiger partial charge >= 0.3 is 0 Å². The second-order valence-corrected chi connectivity index (χ2v) is 14.1. The molecule has 194 valence electrons. The molecule has 5 heteroatoms. The molecule has 5 aliphatic carbocycles. The number of methoxy groups -OCH3 is 1. The highest BCUT2D eigenvalue weighted by molar-refractivity contribution is 5.85. The summed E-state index contributed by atoms with van der Waals surface area (Å²) in [7, 11) is 1.89. The van der Waals surface area contributed by atoms with Gasteiger partial charge in [-0.2, -0.15) is 0 Å². The number of halogens is 1. The van der Waals surface area contributed by atoms with Crippen LogP contribution in [0.5, 0.6) is 5.75 Å². The zero-order chi connectivity index (χ0) is 23.9. The van der Waals surface area contributed by atoms with Crippen LogP contribution in [0.3, 0.4) is 0 Å². The Morgan fingerprint density at radius 3 is 2.54 bits per heavy atom. The Morgan fingerprint density at radius 2 is 1.89 bits per heavy atom. The van der Waals surface area contributed by atoms with E-state index in [-0.39, 0.29) is 40.7 Å². The van der Waals surface area contributed by atoms with Gasteiger partial charge in [0.05, 0.1) is 5.60 Å². The van der Waals surface area contributed by atoms with Gasteiger partial charge < -0.3 is 14.6 Å². The van der Waals surface area contributed by atoms with Crippen LogP contribution in [-0.4, -0.2) is 53.6 Å². The molecule has 8 rings (SSSR count). The molecule has 2 spiro atoms. The fourth-order valence-electron chi connectivity index (χ4n) is 9.73. The Bertz CT molecular complexity index is 1060.